The number of imidazole rings is 1. The van der Waals surface area contributed by atoms with E-state index < -0.39 is 10.0 Å². The minimum Gasteiger partial charge on any atom is -0.336 e. The highest BCUT2D eigenvalue weighted by molar-refractivity contribution is 7.89. The molecule has 0 saturated carbocycles. The van der Waals surface area contributed by atoms with Crippen LogP contribution < -0.4 is 5.14 Å². The Balaban J connectivity index is 2.47. The fourth-order valence-corrected chi connectivity index (χ4v) is 1.81. The number of unbranched alkanes of at least 4 members (excludes halogenated alkanes) is 3. The van der Waals surface area contributed by atoms with Crippen molar-refractivity contribution in [2.24, 2.45) is 5.14 Å². The lowest BCUT2D eigenvalue weighted by Gasteiger charge is -2.00. The molecule has 86 valence electrons. The zero-order valence-electron chi connectivity index (χ0n) is 8.89. The summed E-state index contributed by atoms with van der Waals surface area (Å²) in [6, 6.07) is 0. The topological polar surface area (TPSA) is 78.0 Å². The summed E-state index contributed by atoms with van der Waals surface area (Å²) in [4.78, 5) is 3.74. The average Bonchev–Trinajstić information content (AvgIpc) is 2.60. The first-order valence-electron chi connectivity index (χ1n) is 5.08. The molecule has 1 heterocycles. The van der Waals surface area contributed by atoms with Gasteiger partial charge in [0.05, 0.1) is 6.33 Å². The van der Waals surface area contributed by atoms with Crippen LogP contribution in [0.1, 0.15) is 32.6 Å². The van der Waals surface area contributed by atoms with Gasteiger partial charge in [-0.1, -0.05) is 26.2 Å². The van der Waals surface area contributed by atoms with Gasteiger partial charge in [-0.3, -0.25) is 0 Å². The Kier molecular flexibility index (Phi) is 4.28. The van der Waals surface area contributed by atoms with Crippen LogP contribution in [0.4, 0.5) is 0 Å². The molecular weight excluding hydrogens is 214 g/mol. The maximum atomic E-state index is 10.9. The summed E-state index contributed by atoms with van der Waals surface area (Å²) in [5.74, 6) is 0. The van der Waals surface area contributed by atoms with Gasteiger partial charge in [0.25, 0.3) is 10.0 Å². The second-order valence-corrected chi connectivity index (χ2v) is 5.06. The van der Waals surface area contributed by atoms with Crippen molar-refractivity contribution >= 4 is 10.0 Å². The van der Waals surface area contributed by atoms with E-state index in [4.69, 9.17) is 5.14 Å². The molecule has 1 rings (SSSR count). The number of hydrogen-bond acceptors (Lipinski definition) is 3. The number of rotatable bonds is 6. The number of hydrogen-bond donors (Lipinski definition) is 1. The van der Waals surface area contributed by atoms with E-state index >= 15 is 0 Å². The minimum atomic E-state index is -3.65. The van der Waals surface area contributed by atoms with Gasteiger partial charge in [0.15, 0.2) is 5.03 Å². The van der Waals surface area contributed by atoms with E-state index in [1.807, 2.05) is 0 Å². The molecule has 6 heteroatoms. The maximum Gasteiger partial charge on any atom is 0.257 e. The van der Waals surface area contributed by atoms with Gasteiger partial charge < -0.3 is 4.57 Å². The summed E-state index contributed by atoms with van der Waals surface area (Å²) in [6.07, 6.45) is 7.56. The highest BCUT2D eigenvalue weighted by Crippen LogP contribution is 2.05. The third-order valence-corrected chi connectivity index (χ3v) is 2.96. The van der Waals surface area contributed by atoms with Gasteiger partial charge in [-0.2, -0.15) is 0 Å². The molecule has 0 spiro atoms. The van der Waals surface area contributed by atoms with Crippen molar-refractivity contribution < 1.29 is 8.42 Å². The van der Waals surface area contributed by atoms with Crippen LogP contribution in [0.3, 0.4) is 0 Å². The molecule has 0 aromatic carbocycles. The lowest BCUT2D eigenvalue weighted by molar-refractivity contribution is 0.580. The van der Waals surface area contributed by atoms with Crippen molar-refractivity contribution in [2.75, 3.05) is 0 Å². The van der Waals surface area contributed by atoms with Crippen LogP contribution in [0.15, 0.2) is 17.6 Å². The molecule has 0 aliphatic heterocycles. The summed E-state index contributed by atoms with van der Waals surface area (Å²) in [5.41, 5.74) is 0. The Bertz CT molecular complexity index is 397. The summed E-state index contributed by atoms with van der Waals surface area (Å²) < 4.78 is 23.6. The zero-order chi connectivity index (χ0) is 11.3. The first-order chi connectivity index (χ1) is 7.04. The van der Waals surface area contributed by atoms with E-state index in [1.165, 1.54) is 25.4 Å². The Morgan fingerprint density at radius 1 is 1.40 bits per heavy atom. The Labute approximate surface area is 90.4 Å². The molecule has 0 amide bonds. The number of sulfonamides is 1. The molecule has 0 radical (unpaired) electrons. The van der Waals surface area contributed by atoms with Crippen molar-refractivity contribution in [3.05, 3.63) is 12.5 Å². The number of aromatic nitrogens is 2. The predicted molar refractivity (Wildman–Crippen MR) is 57.7 cm³/mol. The summed E-state index contributed by atoms with van der Waals surface area (Å²) in [5, 5.41) is 4.89. The Morgan fingerprint density at radius 3 is 2.67 bits per heavy atom. The van der Waals surface area contributed by atoms with Gasteiger partial charge in [0.2, 0.25) is 0 Å². The van der Waals surface area contributed by atoms with E-state index in [1.54, 1.807) is 4.57 Å². The molecule has 2 N–H and O–H groups in total. The molecule has 15 heavy (non-hydrogen) atoms. The first-order valence-corrected chi connectivity index (χ1v) is 6.63. The molecule has 0 bridgehead atoms. The van der Waals surface area contributed by atoms with E-state index in [2.05, 4.69) is 11.9 Å². The largest absolute Gasteiger partial charge is 0.336 e. The Hall–Kier alpha value is -0.880. The van der Waals surface area contributed by atoms with Crippen molar-refractivity contribution in [3.63, 3.8) is 0 Å². The number of nitrogens with two attached hydrogens (primary N) is 1. The van der Waals surface area contributed by atoms with Crippen molar-refractivity contribution in [2.45, 2.75) is 44.2 Å². The molecule has 0 fully saturated rings. The van der Waals surface area contributed by atoms with Crippen LogP contribution in [0.2, 0.25) is 0 Å². The van der Waals surface area contributed by atoms with Crippen LogP contribution in [-0.2, 0) is 16.6 Å². The highest BCUT2D eigenvalue weighted by Gasteiger charge is 2.10. The quantitative estimate of drug-likeness (QED) is 0.745. The zero-order valence-corrected chi connectivity index (χ0v) is 9.70. The van der Waals surface area contributed by atoms with Crippen molar-refractivity contribution in [1.82, 2.24) is 9.55 Å². The van der Waals surface area contributed by atoms with Crippen molar-refractivity contribution in [1.29, 1.82) is 0 Å². The molecule has 1 aromatic rings. The van der Waals surface area contributed by atoms with Gasteiger partial charge in [0.1, 0.15) is 0 Å². The van der Waals surface area contributed by atoms with Crippen LogP contribution in [-0.4, -0.2) is 18.0 Å². The number of nitrogens with zero attached hydrogens (tertiary/aromatic N) is 2. The molecule has 0 aliphatic rings. The molecule has 1 aromatic heterocycles. The van der Waals surface area contributed by atoms with Crippen LogP contribution >= 0.6 is 0 Å². The normalized spacial score (nSPS) is 11.9. The fraction of sp³-hybridized carbons (Fsp3) is 0.667. The first kappa shape index (κ1) is 12.2. The van der Waals surface area contributed by atoms with Gasteiger partial charge in [-0.15, -0.1) is 0 Å². The molecule has 5 nitrogen and oxygen atoms in total. The van der Waals surface area contributed by atoms with Crippen LogP contribution in [0, 0.1) is 0 Å². The van der Waals surface area contributed by atoms with Gasteiger partial charge in [-0.05, 0) is 6.42 Å². The lowest BCUT2D eigenvalue weighted by Crippen LogP contribution is -2.12. The monoisotopic (exact) mass is 231 g/mol. The average molecular weight is 231 g/mol. The molecule has 0 unspecified atom stereocenters. The van der Waals surface area contributed by atoms with Gasteiger partial charge in [0, 0.05) is 12.7 Å². The molecule has 0 saturated heterocycles. The third kappa shape index (κ3) is 4.01. The second-order valence-electron chi connectivity index (χ2n) is 3.56. The van der Waals surface area contributed by atoms with E-state index in [-0.39, 0.29) is 5.03 Å². The van der Waals surface area contributed by atoms with E-state index in [9.17, 15) is 8.42 Å². The predicted octanol–water partition coefficient (Wildman–Crippen LogP) is 1.11. The van der Waals surface area contributed by atoms with E-state index in [0.29, 0.717) is 0 Å². The van der Waals surface area contributed by atoms with Crippen LogP contribution in [0.25, 0.3) is 0 Å². The molecule has 0 atom stereocenters. The second kappa shape index (κ2) is 5.27. The van der Waals surface area contributed by atoms with Crippen molar-refractivity contribution in [3.8, 4) is 0 Å². The van der Waals surface area contributed by atoms with Crippen LogP contribution in [0.5, 0.6) is 0 Å². The number of primary sulfonamides is 1. The van der Waals surface area contributed by atoms with Gasteiger partial charge >= 0.3 is 0 Å². The van der Waals surface area contributed by atoms with Gasteiger partial charge in [-0.25, -0.2) is 18.5 Å². The highest BCUT2D eigenvalue weighted by atomic mass is 32.2. The number of aryl methyl sites for hydroxylation is 1. The Morgan fingerprint density at radius 2 is 2.13 bits per heavy atom. The molecular formula is C9H17N3O2S. The van der Waals surface area contributed by atoms with E-state index in [0.717, 1.165) is 19.4 Å². The lowest BCUT2D eigenvalue weighted by atomic mass is 10.2. The third-order valence-electron chi connectivity index (χ3n) is 2.17. The minimum absolute atomic E-state index is 0.0574. The summed E-state index contributed by atoms with van der Waals surface area (Å²) >= 11 is 0. The standard InChI is InChI=1S/C9H17N3O2S/c1-2-3-4-5-6-12-7-9(11-8-12)15(10,13)14/h7-8H,2-6H2,1H3,(H2,10,13,14). The molecule has 0 aliphatic carbocycles. The maximum absolute atomic E-state index is 10.9. The smallest absolute Gasteiger partial charge is 0.257 e. The summed E-state index contributed by atoms with van der Waals surface area (Å²) in [7, 11) is -3.65. The summed E-state index contributed by atoms with van der Waals surface area (Å²) in [6.45, 7) is 2.94. The fourth-order valence-electron chi connectivity index (χ4n) is 1.33. The SMILES string of the molecule is CCCCCCn1cnc(S(N)(=O)=O)c1.